The first-order chi connectivity index (χ1) is 28.5. The molecule has 9 aromatic carbocycles. The lowest BCUT2D eigenvalue weighted by atomic mass is 9.82. The van der Waals surface area contributed by atoms with Crippen molar-refractivity contribution in [2.75, 3.05) is 0 Å². The van der Waals surface area contributed by atoms with E-state index in [0.717, 1.165) is 32.8 Å². The summed E-state index contributed by atoms with van der Waals surface area (Å²) < 4.78 is 2.61. The number of fused-ring (bicyclic) bond motifs is 10. The van der Waals surface area contributed by atoms with Gasteiger partial charge in [-0.05, 0) is 77.8 Å². The van der Waals surface area contributed by atoms with Crippen LogP contribution in [0.1, 0.15) is 25.0 Å². The minimum absolute atomic E-state index is 0.152. The van der Waals surface area contributed by atoms with Gasteiger partial charge in [-0.25, -0.2) is 15.0 Å². The highest BCUT2D eigenvalue weighted by atomic mass is 32.1. The van der Waals surface area contributed by atoms with Crippen molar-refractivity contribution in [3.8, 4) is 56.4 Å². The van der Waals surface area contributed by atoms with Gasteiger partial charge >= 0.3 is 0 Å². The molecule has 0 unspecified atom stereocenters. The first kappa shape index (κ1) is 33.2. The van der Waals surface area contributed by atoms with E-state index >= 15 is 0 Å². The SMILES string of the molecule is CC1(C)c2ccccc2-c2c(-c3nc(-c4ccc(-c5cccc6c5sc5ccccc56)cc4)nc(-c4c5ccccc5cc5c4ccc4ccccc45)n3)cccc21. The van der Waals surface area contributed by atoms with E-state index in [1.165, 1.54) is 69.7 Å². The largest absolute Gasteiger partial charge is 0.208 e. The van der Waals surface area contributed by atoms with Crippen LogP contribution < -0.4 is 0 Å². The lowest BCUT2D eigenvalue weighted by Crippen LogP contribution is -2.14. The van der Waals surface area contributed by atoms with Crippen molar-refractivity contribution in [1.29, 1.82) is 0 Å². The predicted octanol–water partition coefficient (Wildman–Crippen LogP) is 14.7. The molecule has 12 rings (SSSR count). The van der Waals surface area contributed by atoms with Crippen molar-refractivity contribution in [2.24, 2.45) is 0 Å². The smallest absolute Gasteiger partial charge is 0.165 e. The molecular formula is C54H35N3S. The van der Waals surface area contributed by atoms with Crippen molar-refractivity contribution in [3.05, 3.63) is 187 Å². The molecule has 0 saturated heterocycles. The Labute approximate surface area is 340 Å². The Kier molecular flexibility index (Phi) is 7.14. The van der Waals surface area contributed by atoms with Gasteiger partial charge in [0, 0.05) is 42.3 Å². The average molecular weight is 758 g/mol. The molecule has 58 heavy (non-hydrogen) atoms. The summed E-state index contributed by atoms with van der Waals surface area (Å²) in [5, 5.41) is 9.60. The maximum atomic E-state index is 5.48. The molecule has 4 heteroatoms. The van der Waals surface area contributed by atoms with E-state index in [4.69, 9.17) is 15.0 Å². The van der Waals surface area contributed by atoms with Crippen LogP contribution in [0.15, 0.2) is 176 Å². The number of rotatable bonds is 4. The van der Waals surface area contributed by atoms with Crippen LogP contribution in [-0.4, -0.2) is 15.0 Å². The Balaban J connectivity index is 1.11. The second-order valence-electron chi connectivity index (χ2n) is 15.9. The quantitative estimate of drug-likeness (QED) is 0.133. The fourth-order valence-corrected chi connectivity index (χ4v) is 10.8. The van der Waals surface area contributed by atoms with Gasteiger partial charge in [-0.3, -0.25) is 0 Å². The van der Waals surface area contributed by atoms with Crippen molar-refractivity contribution >= 4 is 63.8 Å². The second kappa shape index (κ2) is 12.5. The fourth-order valence-electron chi connectivity index (χ4n) is 9.51. The molecule has 0 saturated carbocycles. The minimum Gasteiger partial charge on any atom is -0.208 e. The van der Waals surface area contributed by atoms with Crippen LogP contribution in [0.2, 0.25) is 0 Å². The van der Waals surface area contributed by atoms with E-state index < -0.39 is 0 Å². The molecule has 1 aliphatic rings. The molecule has 2 heterocycles. The van der Waals surface area contributed by atoms with Gasteiger partial charge < -0.3 is 0 Å². The summed E-state index contributed by atoms with van der Waals surface area (Å²) >= 11 is 1.86. The van der Waals surface area contributed by atoms with Crippen LogP contribution >= 0.6 is 11.3 Å². The first-order valence-corrected chi connectivity index (χ1v) is 20.7. The van der Waals surface area contributed by atoms with Crippen LogP contribution in [0.25, 0.3) is 109 Å². The number of thiophene rings is 1. The Morgan fingerprint density at radius 2 is 1.00 bits per heavy atom. The Morgan fingerprint density at radius 1 is 0.379 bits per heavy atom. The summed E-state index contributed by atoms with van der Waals surface area (Å²) in [6.45, 7) is 4.64. The van der Waals surface area contributed by atoms with Crippen molar-refractivity contribution in [1.82, 2.24) is 15.0 Å². The van der Waals surface area contributed by atoms with E-state index in [1.807, 2.05) is 11.3 Å². The molecule has 1 aliphatic carbocycles. The molecule has 2 aromatic heterocycles. The van der Waals surface area contributed by atoms with Gasteiger partial charge in [0.2, 0.25) is 0 Å². The highest BCUT2D eigenvalue weighted by Crippen LogP contribution is 2.52. The van der Waals surface area contributed by atoms with Crippen molar-refractivity contribution < 1.29 is 0 Å². The van der Waals surface area contributed by atoms with E-state index in [2.05, 4.69) is 190 Å². The number of nitrogens with zero attached hydrogens (tertiary/aromatic N) is 3. The van der Waals surface area contributed by atoms with Gasteiger partial charge in [-0.15, -0.1) is 11.3 Å². The third-order valence-electron chi connectivity index (χ3n) is 12.3. The molecule has 0 N–H and O–H groups in total. The van der Waals surface area contributed by atoms with Crippen LogP contribution in [-0.2, 0) is 5.41 Å². The lowest BCUT2D eigenvalue weighted by Gasteiger charge is -2.21. The summed E-state index contributed by atoms with van der Waals surface area (Å²) in [7, 11) is 0. The van der Waals surface area contributed by atoms with Crippen LogP contribution in [0, 0.1) is 0 Å². The number of benzene rings is 9. The van der Waals surface area contributed by atoms with Gasteiger partial charge in [0.05, 0.1) is 0 Å². The molecule has 0 aliphatic heterocycles. The number of hydrogen-bond donors (Lipinski definition) is 0. The molecular weight excluding hydrogens is 723 g/mol. The monoisotopic (exact) mass is 757 g/mol. The molecule has 0 amide bonds. The van der Waals surface area contributed by atoms with Crippen molar-refractivity contribution in [3.63, 3.8) is 0 Å². The maximum Gasteiger partial charge on any atom is 0.165 e. The van der Waals surface area contributed by atoms with E-state index in [9.17, 15) is 0 Å². The van der Waals surface area contributed by atoms with Gasteiger partial charge in [-0.1, -0.05) is 178 Å². The molecule has 3 nitrogen and oxygen atoms in total. The van der Waals surface area contributed by atoms with E-state index in [-0.39, 0.29) is 5.41 Å². The zero-order chi connectivity index (χ0) is 38.5. The maximum absolute atomic E-state index is 5.48. The molecule has 0 fully saturated rings. The summed E-state index contributed by atoms with van der Waals surface area (Å²) in [4.78, 5) is 16.3. The average Bonchev–Trinajstić information content (AvgIpc) is 3.77. The summed E-state index contributed by atoms with van der Waals surface area (Å²) in [6, 6.07) is 63.5. The molecule has 272 valence electrons. The van der Waals surface area contributed by atoms with Crippen molar-refractivity contribution in [2.45, 2.75) is 19.3 Å². The minimum atomic E-state index is -0.152. The summed E-state index contributed by atoms with van der Waals surface area (Å²) in [5.41, 5.74) is 10.3. The topological polar surface area (TPSA) is 38.7 Å². The fraction of sp³-hybridized carbons (Fsp3) is 0.0556. The third kappa shape index (κ3) is 4.88. The van der Waals surface area contributed by atoms with Gasteiger partial charge in [-0.2, -0.15) is 0 Å². The standard InChI is InChI=1S/C54H35N3S/c1-54(2)45-22-9-7-18-42(45)48-43(21-12-23-46(48)54)52-55-51(34-27-25-33(26-28-34)38-19-11-20-41-39-17-8-10-24-47(39)58-50(38)41)56-53(57-52)49-37-16-6-4-14-35(37)31-44-36-15-5-3-13-32(36)29-30-40(44)49/h3-31H,1-2H3. The van der Waals surface area contributed by atoms with Crippen LogP contribution in [0.3, 0.4) is 0 Å². The normalized spacial score (nSPS) is 13.1. The van der Waals surface area contributed by atoms with E-state index in [0.29, 0.717) is 17.5 Å². The Morgan fingerprint density at radius 3 is 1.88 bits per heavy atom. The number of hydrogen-bond acceptors (Lipinski definition) is 4. The van der Waals surface area contributed by atoms with E-state index in [1.54, 1.807) is 0 Å². The van der Waals surface area contributed by atoms with Crippen LogP contribution in [0.5, 0.6) is 0 Å². The van der Waals surface area contributed by atoms with Gasteiger partial charge in [0.25, 0.3) is 0 Å². The lowest BCUT2D eigenvalue weighted by molar-refractivity contribution is 0.660. The molecule has 11 aromatic rings. The Hall–Kier alpha value is -7.01. The zero-order valence-corrected chi connectivity index (χ0v) is 32.8. The van der Waals surface area contributed by atoms with Gasteiger partial charge in [0.1, 0.15) is 0 Å². The highest BCUT2D eigenvalue weighted by molar-refractivity contribution is 7.26. The first-order valence-electron chi connectivity index (χ1n) is 19.9. The molecule has 0 spiro atoms. The zero-order valence-electron chi connectivity index (χ0n) is 32.0. The highest BCUT2D eigenvalue weighted by Gasteiger charge is 2.37. The van der Waals surface area contributed by atoms with Crippen LogP contribution in [0.4, 0.5) is 0 Å². The molecule has 0 atom stereocenters. The Bertz CT molecular complexity index is 3490. The summed E-state index contributed by atoms with van der Waals surface area (Å²) in [6.07, 6.45) is 0. The molecule has 0 radical (unpaired) electrons. The van der Waals surface area contributed by atoms with Gasteiger partial charge in [0.15, 0.2) is 17.5 Å². The third-order valence-corrected chi connectivity index (χ3v) is 13.6. The number of aromatic nitrogens is 3. The molecule has 0 bridgehead atoms. The predicted molar refractivity (Wildman–Crippen MR) is 245 cm³/mol. The second-order valence-corrected chi connectivity index (χ2v) is 17.0. The summed E-state index contributed by atoms with van der Waals surface area (Å²) in [5.74, 6) is 1.99.